The summed E-state index contributed by atoms with van der Waals surface area (Å²) in [6.07, 6.45) is -0.482. The van der Waals surface area contributed by atoms with Gasteiger partial charge in [-0.3, -0.25) is 9.59 Å². The maximum absolute atomic E-state index is 14.4. The van der Waals surface area contributed by atoms with Crippen LogP contribution in [0, 0.1) is 5.82 Å². The fourth-order valence-electron chi connectivity index (χ4n) is 4.08. The summed E-state index contributed by atoms with van der Waals surface area (Å²) < 4.78 is 24.9. The van der Waals surface area contributed by atoms with Crippen LogP contribution in [0.3, 0.4) is 0 Å². The second-order valence-corrected chi connectivity index (χ2v) is 8.04. The molecular weight excluding hydrogens is 437 g/mol. The summed E-state index contributed by atoms with van der Waals surface area (Å²) in [6.45, 7) is -0.113. The fraction of sp³-hybridized carbons (Fsp3) is 0.167. The molecule has 0 saturated heterocycles. The molecule has 2 aliphatic rings. The SMILES string of the molecule is O=C(CC1(O)C(=O)N(Cc2c(F)cccc2Cl)c2ccccc21)c1ccc2c(c1)OCO2. The lowest BCUT2D eigenvalue weighted by atomic mass is 9.88. The molecule has 1 unspecified atom stereocenters. The van der Waals surface area contributed by atoms with E-state index < -0.39 is 29.5 Å². The van der Waals surface area contributed by atoms with Gasteiger partial charge >= 0.3 is 0 Å². The third-order valence-corrected chi connectivity index (χ3v) is 6.08. The van der Waals surface area contributed by atoms with E-state index in [-0.39, 0.29) is 35.1 Å². The third kappa shape index (κ3) is 3.21. The van der Waals surface area contributed by atoms with Gasteiger partial charge in [0.05, 0.1) is 18.7 Å². The Morgan fingerprint density at radius 3 is 2.69 bits per heavy atom. The second-order valence-electron chi connectivity index (χ2n) is 7.64. The van der Waals surface area contributed by atoms with Crippen molar-refractivity contribution in [2.24, 2.45) is 0 Å². The van der Waals surface area contributed by atoms with Crippen molar-refractivity contribution in [1.29, 1.82) is 0 Å². The summed E-state index contributed by atoms with van der Waals surface area (Å²) in [6, 6.07) is 15.5. The molecule has 5 rings (SSSR count). The summed E-state index contributed by atoms with van der Waals surface area (Å²) >= 11 is 6.15. The van der Waals surface area contributed by atoms with E-state index in [0.717, 1.165) is 0 Å². The molecular formula is C24H17ClFNO5. The Balaban J connectivity index is 1.48. The summed E-state index contributed by atoms with van der Waals surface area (Å²) in [7, 11) is 0. The standard InChI is InChI=1S/C24H17ClFNO5/c25-17-5-3-6-18(26)15(17)12-27-19-7-2-1-4-16(19)24(30,23(27)29)11-20(28)14-8-9-21-22(10-14)32-13-31-21/h1-10,30H,11-13H2. The van der Waals surface area contributed by atoms with Gasteiger partial charge in [-0.2, -0.15) is 0 Å². The number of Topliss-reactive ketones (excluding diaryl/α,β-unsaturated/α-hetero) is 1. The van der Waals surface area contributed by atoms with Gasteiger partial charge in [-0.25, -0.2) is 4.39 Å². The van der Waals surface area contributed by atoms with Gasteiger partial charge in [0, 0.05) is 21.7 Å². The van der Waals surface area contributed by atoms with Gasteiger partial charge in [0.25, 0.3) is 5.91 Å². The number of benzene rings is 3. The topological polar surface area (TPSA) is 76.1 Å². The van der Waals surface area contributed by atoms with Crippen LogP contribution in [-0.2, 0) is 16.9 Å². The lowest BCUT2D eigenvalue weighted by Gasteiger charge is -2.23. The molecule has 0 spiro atoms. The molecule has 1 amide bonds. The van der Waals surface area contributed by atoms with Crippen molar-refractivity contribution in [3.05, 3.63) is 88.2 Å². The minimum absolute atomic E-state index is 0.0658. The van der Waals surface area contributed by atoms with Gasteiger partial charge in [0.1, 0.15) is 5.82 Å². The highest BCUT2D eigenvalue weighted by Crippen LogP contribution is 2.44. The number of hydrogen-bond donors (Lipinski definition) is 1. The zero-order valence-corrected chi connectivity index (χ0v) is 17.4. The molecule has 1 atom stereocenters. The molecule has 0 bridgehead atoms. The molecule has 0 radical (unpaired) electrons. The van der Waals surface area contributed by atoms with Crippen LogP contribution in [0.4, 0.5) is 10.1 Å². The van der Waals surface area contributed by atoms with E-state index in [1.54, 1.807) is 36.4 Å². The smallest absolute Gasteiger partial charge is 0.264 e. The molecule has 0 aromatic heterocycles. The highest BCUT2D eigenvalue weighted by Gasteiger charge is 2.51. The number of aliphatic hydroxyl groups is 1. The zero-order chi connectivity index (χ0) is 22.5. The Morgan fingerprint density at radius 2 is 1.88 bits per heavy atom. The number of amides is 1. The van der Waals surface area contributed by atoms with Gasteiger partial charge in [-0.15, -0.1) is 0 Å². The zero-order valence-electron chi connectivity index (χ0n) is 16.7. The molecule has 162 valence electrons. The average molecular weight is 454 g/mol. The first-order chi connectivity index (χ1) is 15.4. The van der Waals surface area contributed by atoms with E-state index >= 15 is 0 Å². The van der Waals surface area contributed by atoms with E-state index in [1.807, 2.05) is 0 Å². The summed E-state index contributed by atoms with van der Waals surface area (Å²) in [5.74, 6) is -0.770. The maximum Gasteiger partial charge on any atom is 0.264 e. The lowest BCUT2D eigenvalue weighted by molar-refractivity contribution is -0.136. The average Bonchev–Trinajstić information content (AvgIpc) is 3.33. The number of rotatable bonds is 5. The molecule has 6 nitrogen and oxygen atoms in total. The second kappa shape index (κ2) is 7.62. The Morgan fingerprint density at radius 1 is 1.09 bits per heavy atom. The number of hydrogen-bond acceptors (Lipinski definition) is 5. The molecule has 3 aromatic rings. The fourth-order valence-corrected chi connectivity index (χ4v) is 4.30. The van der Waals surface area contributed by atoms with Crippen LogP contribution in [-0.4, -0.2) is 23.6 Å². The van der Waals surface area contributed by atoms with Crippen molar-refractivity contribution in [1.82, 2.24) is 0 Å². The lowest BCUT2D eigenvalue weighted by Crippen LogP contribution is -2.41. The first kappa shape index (κ1) is 20.5. The van der Waals surface area contributed by atoms with E-state index in [9.17, 15) is 19.1 Å². The van der Waals surface area contributed by atoms with Crippen LogP contribution >= 0.6 is 11.6 Å². The molecule has 8 heteroatoms. The molecule has 32 heavy (non-hydrogen) atoms. The summed E-state index contributed by atoms with van der Waals surface area (Å²) in [5.41, 5.74) is -1.00. The molecule has 2 aliphatic heterocycles. The van der Waals surface area contributed by atoms with Gasteiger partial charge in [0.15, 0.2) is 22.9 Å². The van der Waals surface area contributed by atoms with Crippen molar-refractivity contribution in [3.8, 4) is 11.5 Å². The predicted octanol–water partition coefficient (Wildman–Crippen LogP) is 4.22. The van der Waals surface area contributed by atoms with Crippen LogP contribution < -0.4 is 14.4 Å². The highest BCUT2D eigenvalue weighted by atomic mass is 35.5. The first-order valence-electron chi connectivity index (χ1n) is 9.88. The van der Waals surface area contributed by atoms with E-state index in [1.165, 1.54) is 29.2 Å². The van der Waals surface area contributed by atoms with Crippen molar-refractivity contribution in [3.63, 3.8) is 0 Å². The quantitative estimate of drug-likeness (QED) is 0.585. The Labute approximate surface area is 187 Å². The van der Waals surface area contributed by atoms with Crippen LogP contribution in [0.5, 0.6) is 11.5 Å². The molecule has 3 aromatic carbocycles. The molecule has 1 N–H and O–H groups in total. The first-order valence-corrected chi connectivity index (χ1v) is 10.3. The summed E-state index contributed by atoms with van der Waals surface area (Å²) in [4.78, 5) is 27.7. The number of anilines is 1. The molecule has 0 saturated carbocycles. The number of para-hydroxylation sites is 1. The number of carbonyl (C=O) groups is 2. The minimum Gasteiger partial charge on any atom is -0.454 e. The van der Waals surface area contributed by atoms with Crippen molar-refractivity contribution < 1.29 is 28.6 Å². The number of carbonyl (C=O) groups excluding carboxylic acids is 2. The van der Waals surface area contributed by atoms with Crippen LogP contribution in [0.1, 0.15) is 27.9 Å². The van der Waals surface area contributed by atoms with Crippen molar-refractivity contribution >= 4 is 29.0 Å². The van der Waals surface area contributed by atoms with E-state index in [0.29, 0.717) is 17.2 Å². The maximum atomic E-state index is 14.4. The predicted molar refractivity (Wildman–Crippen MR) is 114 cm³/mol. The number of halogens is 2. The minimum atomic E-state index is -2.10. The number of nitrogens with zero attached hydrogens (tertiary/aromatic N) is 1. The number of ether oxygens (including phenoxy) is 2. The normalized spacial score (nSPS) is 18.7. The molecule has 0 aliphatic carbocycles. The molecule has 2 heterocycles. The van der Waals surface area contributed by atoms with Crippen LogP contribution in [0.15, 0.2) is 60.7 Å². The monoisotopic (exact) mass is 453 g/mol. The van der Waals surface area contributed by atoms with Gasteiger partial charge < -0.3 is 19.5 Å². The number of ketones is 1. The van der Waals surface area contributed by atoms with E-state index in [4.69, 9.17) is 21.1 Å². The highest BCUT2D eigenvalue weighted by molar-refractivity contribution is 6.31. The van der Waals surface area contributed by atoms with Gasteiger partial charge in [-0.05, 0) is 36.4 Å². The van der Waals surface area contributed by atoms with Crippen LogP contribution in [0.25, 0.3) is 0 Å². The van der Waals surface area contributed by atoms with E-state index in [2.05, 4.69) is 0 Å². The third-order valence-electron chi connectivity index (χ3n) is 5.73. The van der Waals surface area contributed by atoms with Crippen LogP contribution in [0.2, 0.25) is 5.02 Å². The van der Waals surface area contributed by atoms with Gasteiger partial charge in [0.2, 0.25) is 6.79 Å². The Kier molecular flexibility index (Phi) is 4.87. The largest absolute Gasteiger partial charge is 0.454 e. The van der Waals surface area contributed by atoms with Crippen molar-refractivity contribution in [2.75, 3.05) is 11.7 Å². The molecule has 0 fully saturated rings. The van der Waals surface area contributed by atoms with Gasteiger partial charge in [-0.1, -0.05) is 35.9 Å². The Hall–Kier alpha value is -3.42. The summed E-state index contributed by atoms with van der Waals surface area (Å²) in [5, 5.41) is 11.6. The Bertz CT molecular complexity index is 1240. The number of fused-ring (bicyclic) bond motifs is 2. The van der Waals surface area contributed by atoms with Crippen molar-refractivity contribution in [2.45, 2.75) is 18.6 Å².